The van der Waals surface area contributed by atoms with Gasteiger partial charge in [-0.25, -0.2) is 13.2 Å². The molecule has 9 heteroatoms. The highest BCUT2D eigenvalue weighted by atomic mass is 35.5. The molecule has 2 atom stereocenters. The van der Waals surface area contributed by atoms with Crippen molar-refractivity contribution in [3.05, 3.63) is 70.6 Å². The van der Waals surface area contributed by atoms with E-state index in [9.17, 15) is 18.0 Å². The minimum absolute atomic E-state index is 0. The van der Waals surface area contributed by atoms with Gasteiger partial charge in [-0.15, -0.1) is 12.4 Å². The highest BCUT2D eigenvalue weighted by molar-refractivity contribution is 7.91. The maximum absolute atomic E-state index is 13.2. The van der Waals surface area contributed by atoms with Crippen molar-refractivity contribution >= 4 is 39.1 Å². The SMILES string of the molecule is Cl.O=C(c1cccc(-c2cc3ccccc3oc2=O)c1)N1CCN[C@@H]2CS(=O)(=O)C[C@@H]21. The van der Waals surface area contributed by atoms with Crippen LogP contribution in [0.25, 0.3) is 22.1 Å². The summed E-state index contributed by atoms with van der Waals surface area (Å²) in [7, 11) is -3.17. The number of para-hydroxylation sites is 1. The fourth-order valence-electron chi connectivity index (χ4n) is 4.37. The predicted octanol–water partition coefficient (Wildman–Crippen LogP) is 2.09. The summed E-state index contributed by atoms with van der Waals surface area (Å²) in [5.74, 6) is -0.195. The summed E-state index contributed by atoms with van der Waals surface area (Å²) in [5.41, 5.74) is 1.43. The average molecular weight is 461 g/mol. The van der Waals surface area contributed by atoms with Gasteiger partial charge in [0.05, 0.1) is 23.1 Å². The van der Waals surface area contributed by atoms with Crippen LogP contribution in [0.1, 0.15) is 10.4 Å². The summed E-state index contributed by atoms with van der Waals surface area (Å²) >= 11 is 0. The Kier molecular flexibility index (Phi) is 5.63. The molecule has 1 N–H and O–H groups in total. The van der Waals surface area contributed by atoms with Gasteiger partial charge in [-0.3, -0.25) is 4.79 Å². The molecule has 3 heterocycles. The Bertz CT molecular complexity index is 1320. The lowest BCUT2D eigenvalue weighted by Gasteiger charge is -2.37. The van der Waals surface area contributed by atoms with Crippen molar-refractivity contribution in [3.8, 4) is 11.1 Å². The van der Waals surface area contributed by atoms with Gasteiger partial charge in [-0.1, -0.05) is 30.3 Å². The quantitative estimate of drug-likeness (QED) is 0.588. The molecule has 2 saturated heterocycles. The number of nitrogens with zero attached hydrogens (tertiary/aromatic N) is 1. The van der Waals surface area contributed by atoms with Crippen LogP contribution in [-0.2, 0) is 9.84 Å². The van der Waals surface area contributed by atoms with Crippen molar-refractivity contribution in [2.75, 3.05) is 24.6 Å². The lowest BCUT2D eigenvalue weighted by atomic mass is 10.0. The fraction of sp³-hybridized carbons (Fsp3) is 0.273. The van der Waals surface area contributed by atoms with E-state index in [2.05, 4.69) is 5.32 Å². The van der Waals surface area contributed by atoms with Gasteiger partial charge >= 0.3 is 5.63 Å². The van der Waals surface area contributed by atoms with Gasteiger partial charge in [0.15, 0.2) is 9.84 Å². The molecule has 7 nitrogen and oxygen atoms in total. The van der Waals surface area contributed by atoms with Crippen molar-refractivity contribution in [2.24, 2.45) is 0 Å². The molecule has 2 fully saturated rings. The van der Waals surface area contributed by atoms with E-state index in [1.807, 2.05) is 12.1 Å². The first-order valence-corrected chi connectivity index (χ1v) is 11.6. The number of benzene rings is 2. The zero-order chi connectivity index (χ0) is 20.9. The van der Waals surface area contributed by atoms with Crippen LogP contribution in [0.2, 0.25) is 0 Å². The lowest BCUT2D eigenvalue weighted by molar-refractivity contribution is 0.0621. The third-order valence-electron chi connectivity index (χ3n) is 5.81. The summed E-state index contributed by atoms with van der Waals surface area (Å²) in [6, 6.07) is 15.3. The first-order chi connectivity index (χ1) is 14.4. The summed E-state index contributed by atoms with van der Waals surface area (Å²) in [6.07, 6.45) is 0. The van der Waals surface area contributed by atoms with E-state index in [0.717, 1.165) is 5.39 Å². The Labute approximate surface area is 185 Å². The Hall–Kier alpha value is -2.68. The number of rotatable bonds is 2. The van der Waals surface area contributed by atoms with E-state index in [4.69, 9.17) is 4.42 Å². The van der Waals surface area contributed by atoms with Crippen LogP contribution in [0, 0.1) is 0 Å². The smallest absolute Gasteiger partial charge is 0.344 e. The van der Waals surface area contributed by atoms with Crippen LogP contribution in [-0.4, -0.2) is 55.9 Å². The molecule has 1 amide bonds. The van der Waals surface area contributed by atoms with E-state index >= 15 is 0 Å². The molecule has 1 aromatic heterocycles. The highest BCUT2D eigenvalue weighted by Gasteiger charge is 2.44. The molecule has 0 aliphatic carbocycles. The van der Waals surface area contributed by atoms with Crippen molar-refractivity contribution in [3.63, 3.8) is 0 Å². The largest absolute Gasteiger partial charge is 0.422 e. The van der Waals surface area contributed by atoms with E-state index in [1.54, 1.807) is 47.4 Å². The lowest BCUT2D eigenvalue weighted by Crippen LogP contribution is -2.59. The molecule has 2 aliphatic heterocycles. The number of halogens is 1. The van der Waals surface area contributed by atoms with Crippen molar-refractivity contribution in [1.82, 2.24) is 10.2 Å². The summed E-state index contributed by atoms with van der Waals surface area (Å²) in [6.45, 7) is 0.994. The Balaban J connectivity index is 0.00000231. The first-order valence-electron chi connectivity index (χ1n) is 9.79. The third kappa shape index (κ3) is 3.98. The van der Waals surface area contributed by atoms with E-state index in [0.29, 0.717) is 35.4 Å². The standard InChI is InChI=1S/C22H20N2O5S.ClH/c25-21(24-9-8-23-18-12-30(27,28)13-19(18)24)16-6-3-5-14(10-16)17-11-15-4-1-2-7-20(15)29-22(17)26;/h1-7,10-11,18-19,23H,8-9,12-13H2;1H/t18-,19+;/m1./s1. The van der Waals surface area contributed by atoms with E-state index < -0.39 is 15.5 Å². The Morgan fingerprint density at radius 1 is 1.06 bits per heavy atom. The summed E-state index contributed by atoms with van der Waals surface area (Å²) < 4.78 is 29.5. The number of piperazine rings is 1. The van der Waals surface area contributed by atoms with Crippen molar-refractivity contribution in [2.45, 2.75) is 12.1 Å². The second kappa shape index (κ2) is 8.11. The molecule has 5 rings (SSSR count). The number of carbonyl (C=O) groups is 1. The molecule has 3 aromatic rings. The first kappa shape index (κ1) is 21.5. The molecule has 162 valence electrons. The highest BCUT2D eigenvalue weighted by Crippen LogP contribution is 2.26. The van der Waals surface area contributed by atoms with Gasteiger partial charge < -0.3 is 14.6 Å². The van der Waals surface area contributed by atoms with E-state index in [-0.39, 0.29) is 41.9 Å². The number of hydrogen-bond acceptors (Lipinski definition) is 6. The van der Waals surface area contributed by atoms with Crippen molar-refractivity contribution in [1.29, 1.82) is 0 Å². The zero-order valence-corrected chi connectivity index (χ0v) is 18.1. The fourth-order valence-corrected chi connectivity index (χ4v) is 6.32. The molecule has 0 unspecified atom stereocenters. The molecule has 31 heavy (non-hydrogen) atoms. The van der Waals surface area contributed by atoms with Crippen LogP contribution in [0.15, 0.2) is 63.8 Å². The van der Waals surface area contributed by atoms with Crippen molar-refractivity contribution < 1.29 is 17.6 Å². The number of sulfone groups is 1. The predicted molar refractivity (Wildman–Crippen MR) is 120 cm³/mol. The second-order valence-electron chi connectivity index (χ2n) is 7.77. The van der Waals surface area contributed by atoms with Gasteiger partial charge in [-0.2, -0.15) is 0 Å². The number of nitrogens with one attached hydrogen (secondary N) is 1. The molecular weight excluding hydrogens is 440 g/mol. The normalized spacial score (nSPS) is 22.0. The maximum Gasteiger partial charge on any atom is 0.344 e. The molecule has 0 radical (unpaired) electrons. The number of fused-ring (bicyclic) bond motifs is 2. The molecule has 0 saturated carbocycles. The Morgan fingerprint density at radius 2 is 1.87 bits per heavy atom. The minimum atomic E-state index is -3.17. The molecular formula is C22H21ClN2O5S. The van der Waals surface area contributed by atoms with Gasteiger partial charge in [0.1, 0.15) is 5.58 Å². The van der Waals surface area contributed by atoms with Gasteiger partial charge in [0.2, 0.25) is 0 Å². The van der Waals surface area contributed by atoms with Crippen LogP contribution < -0.4 is 10.9 Å². The van der Waals surface area contributed by atoms with Gasteiger partial charge in [-0.05, 0) is 29.8 Å². The van der Waals surface area contributed by atoms with E-state index in [1.165, 1.54) is 0 Å². The topological polar surface area (TPSA) is 96.7 Å². The number of carbonyl (C=O) groups excluding carboxylic acids is 1. The van der Waals surface area contributed by atoms with Crippen LogP contribution in [0.3, 0.4) is 0 Å². The summed E-state index contributed by atoms with van der Waals surface area (Å²) in [5, 5.41) is 4.00. The van der Waals surface area contributed by atoms with Crippen LogP contribution in [0.5, 0.6) is 0 Å². The summed E-state index contributed by atoms with van der Waals surface area (Å²) in [4.78, 5) is 27.4. The number of amides is 1. The van der Waals surface area contributed by atoms with Gasteiger partial charge in [0, 0.05) is 30.1 Å². The molecule has 0 bridgehead atoms. The maximum atomic E-state index is 13.2. The zero-order valence-electron chi connectivity index (χ0n) is 16.5. The minimum Gasteiger partial charge on any atom is -0.422 e. The second-order valence-corrected chi connectivity index (χ2v) is 9.92. The molecule has 0 spiro atoms. The molecule has 2 aliphatic rings. The molecule has 2 aromatic carbocycles. The Morgan fingerprint density at radius 3 is 2.71 bits per heavy atom. The third-order valence-corrected chi connectivity index (χ3v) is 7.52. The average Bonchev–Trinajstić information content (AvgIpc) is 3.06. The monoisotopic (exact) mass is 460 g/mol. The van der Waals surface area contributed by atoms with Crippen LogP contribution >= 0.6 is 12.4 Å². The van der Waals surface area contributed by atoms with Crippen LogP contribution in [0.4, 0.5) is 0 Å². The number of hydrogen-bond donors (Lipinski definition) is 1. The van der Waals surface area contributed by atoms with Gasteiger partial charge in [0.25, 0.3) is 5.91 Å².